The third-order valence-corrected chi connectivity index (χ3v) is 2.57. The van der Waals surface area contributed by atoms with Gasteiger partial charge in [-0.15, -0.1) is 0 Å². The van der Waals surface area contributed by atoms with Gasteiger partial charge in [-0.05, 0) is 25.8 Å². The Morgan fingerprint density at radius 1 is 1.18 bits per heavy atom. The second-order valence-corrected chi connectivity index (χ2v) is 3.00. The van der Waals surface area contributed by atoms with E-state index in [1.807, 2.05) is 0 Å². The largest absolute Gasteiger partial charge is 0.300 e. The maximum Gasteiger partial charge on any atom is 0.194 e. The molecule has 64 valence electrons. The van der Waals surface area contributed by atoms with Crippen molar-refractivity contribution in [1.29, 1.82) is 0 Å². The van der Waals surface area contributed by atoms with Gasteiger partial charge in [-0.2, -0.15) is 0 Å². The Bertz CT molecular complexity index is 144. The van der Waals surface area contributed by atoms with Crippen LogP contribution in [0.2, 0.25) is 0 Å². The molecule has 0 unspecified atom stereocenters. The molecule has 1 aliphatic rings. The fraction of sp³-hybridized carbons (Fsp3) is 0.833. The number of hydrogen-bond donors (Lipinski definition) is 2. The van der Waals surface area contributed by atoms with Crippen LogP contribution in [0.3, 0.4) is 0 Å². The van der Waals surface area contributed by atoms with Crippen LogP contribution in [-0.2, 0) is 13.2 Å². The summed E-state index contributed by atoms with van der Waals surface area (Å²) in [6.45, 7) is 0. The summed E-state index contributed by atoms with van der Waals surface area (Å²) < 4.78 is 9.64. The van der Waals surface area contributed by atoms with E-state index < -0.39 is 5.79 Å². The van der Waals surface area contributed by atoms with Crippen molar-refractivity contribution >= 4 is 31.6 Å². The molecule has 1 saturated carbocycles. The van der Waals surface area contributed by atoms with Crippen LogP contribution >= 0.6 is 25.8 Å². The zero-order valence-corrected chi connectivity index (χ0v) is 7.74. The molecule has 1 fully saturated rings. The van der Waals surface area contributed by atoms with Gasteiger partial charge in [-0.1, -0.05) is 0 Å². The molecular weight excluding hydrogens is 184 g/mol. The first-order valence-corrected chi connectivity index (χ1v) is 4.12. The summed E-state index contributed by atoms with van der Waals surface area (Å²) >= 11 is 7.35. The van der Waals surface area contributed by atoms with Gasteiger partial charge in [0.1, 0.15) is 5.78 Å². The van der Waals surface area contributed by atoms with Crippen molar-refractivity contribution in [1.82, 2.24) is 0 Å². The summed E-state index contributed by atoms with van der Waals surface area (Å²) in [5.41, 5.74) is 0. The van der Waals surface area contributed by atoms with Gasteiger partial charge < -0.3 is 0 Å². The first kappa shape index (κ1) is 9.38. The highest BCUT2D eigenvalue weighted by Crippen LogP contribution is 2.32. The van der Waals surface area contributed by atoms with Crippen molar-refractivity contribution in [2.75, 3.05) is 0 Å². The molecule has 0 aromatic carbocycles. The average molecular weight is 194 g/mol. The van der Waals surface area contributed by atoms with E-state index in [1.54, 1.807) is 0 Å². The highest BCUT2D eigenvalue weighted by molar-refractivity contribution is 7.75. The second-order valence-electron chi connectivity index (χ2n) is 2.63. The Kier molecular flexibility index (Phi) is 3.24. The molecule has 0 bridgehead atoms. The average Bonchev–Trinajstić information content (AvgIpc) is 2.07. The van der Waals surface area contributed by atoms with E-state index >= 15 is 0 Å². The molecule has 0 aromatic heterocycles. The zero-order chi connectivity index (χ0) is 8.32. The van der Waals surface area contributed by atoms with Crippen LogP contribution < -0.4 is 0 Å². The molecular formula is C6H10O3S2. The van der Waals surface area contributed by atoms with E-state index in [0.717, 1.165) is 0 Å². The minimum absolute atomic E-state index is 0.247. The molecule has 1 rings (SSSR count). The van der Waals surface area contributed by atoms with Crippen molar-refractivity contribution in [2.24, 2.45) is 0 Å². The number of carbonyl (C=O) groups excluding carboxylic acids is 1. The Labute approximate surface area is 76.7 Å². The number of ketones is 1. The second kappa shape index (κ2) is 3.80. The lowest BCUT2D eigenvalue weighted by molar-refractivity contribution is -0.140. The minimum Gasteiger partial charge on any atom is -0.300 e. The van der Waals surface area contributed by atoms with Gasteiger partial charge in [0.2, 0.25) is 0 Å². The number of thiol groups is 2. The van der Waals surface area contributed by atoms with Gasteiger partial charge in [0.25, 0.3) is 0 Å². The molecule has 0 radical (unpaired) electrons. The van der Waals surface area contributed by atoms with Gasteiger partial charge >= 0.3 is 0 Å². The summed E-state index contributed by atoms with van der Waals surface area (Å²) in [6.07, 6.45) is 2.06. The lowest BCUT2D eigenvalue weighted by Crippen LogP contribution is -2.35. The van der Waals surface area contributed by atoms with E-state index in [1.165, 1.54) is 0 Å². The van der Waals surface area contributed by atoms with E-state index in [4.69, 9.17) is 8.37 Å². The van der Waals surface area contributed by atoms with Gasteiger partial charge in [0.15, 0.2) is 5.79 Å². The molecule has 0 heterocycles. The standard InChI is InChI=1S/C6H10O3S2/c7-5-1-3-6(8-10,9-11)4-2-5/h10-11H,1-4H2. The fourth-order valence-electron chi connectivity index (χ4n) is 1.11. The SMILES string of the molecule is O=C1CCC(OS)(OS)CC1. The summed E-state index contributed by atoms with van der Waals surface area (Å²) in [5, 5.41) is 0. The van der Waals surface area contributed by atoms with Gasteiger partial charge in [-0.25, -0.2) is 0 Å². The predicted octanol–water partition coefficient (Wildman–Crippen LogP) is 1.55. The Morgan fingerprint density at radius 2 is 1.64 bits per heavy atom. The zero-order valence-electron chi connectivity index (χ0n) is 5.95. The van der Waals surface area contributed by atoms with E-state index in [9.17, 15) is 4.79 Å². The van der Waals surface area contributed by atoms with Crippen LogP contribution in [-0.4, -0.2) is 11.6 Å². The van der Waals surface area contributed by atoms with Crippen molar-refractivity contribution in [2.45, 2.75) is 31.5 Å². The molecule has 0 saturated heterocycles. The number of Topliss-reactive ketones (excluding diaryl/α,β-unsaturated/α-hetero) is 1. The molecule has 11 heavy (non-hydrogen) atoms. The van der Waals surface area contributed by atoms with Crippen LogP contribution in [0.15, 0.2) is 0 Å². The molecule has 3 nitrogen and oxygen atoms in total. The summed E-state index contributed by atoms with van der Waals surface area (Å²) in [5.74, 6) is -0.503. The normalized spacial score (nSPS) is 23.6. The van der Waals surface area contributed by atoms with Crippen molar-refractivity contribution < 1.29 is 13.2 Å². The summed E-state index contributed by atoms with van der Waals surface area (Å²) in [4.78, 5) is 10.8. The van der Waals surface area contributed by atoms with E-state index in [0.29, 0.717) is 25.7 Å². The molecule has 0 aromatic rings. The third-order valence-electron chi connectivity index (χ3n) is 1.90. The maximum absolute atomic E-state index is 10.8. The highest BCUT2D eigenvalue weighted by Gasteiger charge is 2.35. The van der Waals surface area contributed by atoms with Gasteiger partial charge in [0, 0.05) is 25.7 Å². The Morgan fingerprint density at radius 3 is 2.00 bits per heavy atom. The quantitative estimate of drug-likeness (QED) is 0.398. The third kappa shape index (κ3) is 2.11. The topological polar surface area (TPSA) is 35.5 Å². The van der Waals surface area contributed by atoms with E-state index in [2.05, 4.69) is 25.8 Å². The minimum atomic E-state index is -0.750. The first-order chi connectivity index (χ1) is 5.22. The van der Waals surface area contributed by atoms with Crippen LogP contribution in [0.5, 0.6) is 0 Å². The van der Waals surface area contributed by atoms with Crippen LogP contribution in [0.1, 0.15) is 25.7 Å². The fourth-order valence-corrected chi connectivity index (χ4v) is 1.61. The highest BCUT2D eigenvalue weighted by atomic mass is 32.1. The first-order valence-electron chi connectivity index (χ1n) is 3.39. The Balaban J connectivity index is 2.52. The molecule has 0 N–H and O–H groups in total. The number of hydrogen-bond acceptors (Lipinski definition) is 5. The van der Waals surface area contributed by atoms with Crippen molar-refractivity contribution in [3.63, 3.8) is 0 Å². The van der Waals surface area contributed by atoms with Crippen molar-refractivity contribution in [3.05, 3.63) is 0 Å². The molecule has 1 aliphatic carbocycles. The molecule has 0 amide bonds. The number of rotatable bonds is 2. The van der Waals surface area contributed by atoms with Crippen molar-refractivity contribution in [3.8, 4) is 0 Å². The predicted molar refractivity (Wildman–Crippen MR) is 46.3 cm³/mol. The van der Waals surface area contributed by atoms with Crippen LogP contribution in [0.25, 0.3) is 0 Å². The molecule has 0 aliphatic heterocycles. The van der Waals surface area contributed by atoms with Gasteiger partial charge in [0.05, 0.1) is 0 Å². The van der Waals surface area contributed by atoms with Crippen LogP contribution in [0.4, 0.5) is 0 Å². The maximum atomic E-state index is 10.8. The number of carbonyl (C=O) groups is 1. The summed E-state index contributed by atoms with van der Waals surface area (Å²) in [7, 11) is 0. The monoisotopic (exact) mass is 194 g/mol. The smallest absolute Gasteiger partial charge is 0.194 e. The van der Waals surface area contributed by atoms with E-state index in [-0.39, 0.29) is 5.78 Å². The lowest BCUT2D eigenvalue weighted by Gasteiger charge is -2.31. The molecule has 5 heteroatoms. The lowest BCUT2D eigenvalue weighted by atomic mass is 9.94. The molecule has 0 atom stereocenters. The van der Waals surface area contributed by atoms with Gasteiger partial charge in [-0.3, -0.25) is 13.2 Å². The van der Waals surface area contributed by atoms with Crippen LogP contribution in [0, 0.1) is 0 Å². The molecule has 0 spiro atoms. The summed E-state index contributed by atoms with van der Waals surface area (Å²) in [6, 6.07) is 0. The Hall–Kier alpha value is 0.290.